The molecule has 0 saturated carbocycles. The van der Waals surface area contributed by atoms with Gasteiger partial charge >= 0.3 is 6.09 Å². The van der Waals surface area contributed by atoms with Crippen molar-refractivity contribution in [3.63, 3.8) is 0 Å². The van der Waals surface area contributed by atoms with Crippen LogP contribution >= 0.6 is 0 Å². The molecule has 0 unspecified atom stereocenters. The van der Waals surface area contributed by atoms with Crippen LogP contribution in [0.2, 0.25) is 0 Å². The zero-order valence-electron chi connectivity index (χ0n) is 13.8. The Labute approximate surface area is 149 Å². The fraction of sp³-hybridized carbons (Fsp3) is 0.105. The number of aromatic nitrogens is 1. The number of carboxylic acid groups (broad SMARTS) is 1. The SMILES string of the molecule is O=C(CCN(C(=O)O)c1ccc(O)cc1)Nc1ccc2cnccc2c1. The number of rotatable bonds is 5. The van der Waals surface area contributed by atoms with E-state index in [-0.39, 0.29) is 24.6 Å². The van der Waals surface area contributed by atoms with Gasteiger partial charge in [-0.3, -0.25) is 14.7 Å². The first-order chi connectivity index (χ1) is 12.5. The number of fused-ring (bicyclic) bond motifs is 1. The van der Waals surface area contributed by atoms with Gasteiger partial charge < -0.3 is 15.5 Å². The Hall–Kier alpha value is -3.61. The third kappa shape index (κ3) is 4.07. The second-order valence-corrected chi connectivity index (χ2v) is 5.69. The van der Waals surface area contributed by atoms with E-state index in [1.807, 2.05) is 18.2 Å². The number of nitrogens with one attached hydrogen (secondary N) is 1. The van der Waals surface area contributed by atoms with Crippen molar-refractivity contribution in [3.8, 4) is 5.75 Å². The minimum Gasteiger partial charge on any atom is -0.508 e. The Morgan fingerprint density at radius 3 is 2.54 bits per heavy atom. The molecule has 0 aliphatic heterocycles. The van der Waals surface area contributed by atoms with Crippen molar-refractivity contribution in [2.75, 3.05) is 16.8 Å². The Bertz CT molecular complexity index is 941. The Balaban J connectivity index is 1.64. The summed E-state index contributed by atoms with van der Waals surface area (Å²) in [5.41, 5.74) is 1.03. The fourth-order valence-electron chi connectivity index (χ4n) is 2.57. The van der Waals surface area contributed by atoms with Gasteiger partial charge in [-0.15, -0.1) is 0 Å². The predicted octanol–water partition coefficient (Wildman–Crippen LogP) is 3.45. The Morgan fingerprint density at radius 1 is 1.04 bits per heavy atom. The molecule has 2 aromatic carbocycles. The number of nitrogens with zero attached hydrogens (tertiary/aromatic N) is 2. The highest BCUT2D eigenvalue weighted by Crippen LogP contribution is 2.20. The standard InChI is InChI=1S/C19H17N3O4/c23-17-5-3-16(4-6-17)22(19(25)26)10-8-18(24)21-15-2-1-14-12-20-9-7-13(14)11-15/h1-7,9,11-12,23H,8,10H2,(H,21,24)(H,25,26). The van der Waals surface area contributed by atoms with Gasteiger partial charge in [0, 0.05) is 42.1 Å². The number of anilines is 2. The van der Waals surface area contributed by atoms with Gasteiger partial charge in [-0.05, 0) is 47.9 Å². The van der Waals surface area contributed by atoms with Gasteiger partial charge in [-0.25, -0.2) is 4.79 Å². The number of aromatic hydroxyl groups is 1. The highest BCUT2D eigenvalue weighted by molar-refractivity contribution is 5.95. The molecular weight excluding hydrogens is 334 g/mol. The molecule has 1 aromatic heterocycles. The van der Waals surface area contributed by atoms with Gasteiger partial charge in [0.25, 0.3) is 0 Å². The number of phenols is 1. The summed E-state index contributed by atoms with van der Waals surface area (Å²) >= 11 is 0. The van der Waals surface area contributed by atoms with Gasteiger partial charge in [0.1, 0.15) is 5.75 Å². The predicted molar refractivity (Wildman–Crippen MR) is 98.5 cm³/mol. The third-order valence-corrected chi connectivity index (χ3v) is 3.88. The maximum atomic E-state index is 12.2. The van der Waals surface area contributed by atoms with Crippen molar-refractivity contribution in [1.29, 1.82) is 0 Å². The Morgan fingerprint density at radius 2 is 1.81 bits per heavy atom. The van der Waals surface area contributed by atoms with E-state index < -0.39 is 6.09 Å². The summed E-state index contributed by atoms with van der Waals surface area (Å²) in [6.45, 7) is 0.00342. The van der Waals surface area contributed by atoms with Crippen LogP contribution in [0.1, 0.15) is 6.42 Å². The highest BCUT2D eigenvalue weighted by atomic mass is 16.4. The monoisotopic (exact) mass is 351 g/mol. The summed E-state index contributed by atoms with van der Waals surface area (Å²) in [7, 11) is 0. The molecule has 0 aliphatic carbocycles. The van der Waals surface area contributed by atoms with E-state index in [1.54, 1.807) is 18.5 Å². The van der Waals surface area contributed by atoms with E-state index in [0.717, 1.165) is 15.7 Å². The first-order valence-corrected chi connectivity index (χ1v) is 7.96. The lowest BCUT2D eigenvalue weighted by molar-refractivity contribution is -0.116. The van der Waals surface area contributed by atoms with E-state index in [9.17, 15) is 19.8 Å². The number of phenolic OH excluding ortho intramolecular Hbond substituents is 1. The largest absolute Gasteiger partial charge is 0.508 e. The molecule has 0 aliphatic rings. The number of benzene rings is 2. The van der Waals surface area contributed by atoms with Crippen LogP contribution in [0.15, 0.2) is 60.9 Å². The topological polar surface area (TPSA) is 103 Å². The number of amides is 2. The summed E-state index contributed by atoms with van der Waals surface area (Å²) in [5, 5.41) is 23.3. The fourth-order valence-corrected chi connectivity index (χ4v) is 2.57. The molecule has 7 heteroatoms. The first-order valence-electron chi connectivity index (χ1n) is 7.96. The van der Waals surface area contributed by atoms with Crippen LogP contribution in [0.5, 0.6) is 5.75 Å². The molecule has 3 rings (SSSR count). The van der Waals surface area contributed by atoms with Crippen molar-refractivity contribution < 1.29 is 19.8 Å². The number of carbonyl (C=O) groups excluding carboxylic acids is 1. The summed E-state index contributed by atoms with van der Waals surface area (Å²) < 4.78 is 0. The van der Waals surface area contributed by atoms with E-state index in [2.05, 4.69) is 10.3 Å². The molecule has 3 N–H and O–H groups in total. The average molecular weight is 351 g/mol. The molecule has 26 heavy (non-hydrogen) atoms. The second-order valence-electron chi connectivity index (χ2n) is 5.69. The number of hydrogen-bond donors (Lipinski definition) is 3. The molecular formula is C19H17N3O4. The summed E-state index contributed by atoms with van der Waals surface area (Å²) in [6.07, 6.45) is 2.25. The molecule has 0 radical (unpaired) electrons. The summed E-state index contributed by atoms with van der Waals surface area (Å²) in [5.74, 6) is -0.244. The minimum atomic E-state index is -1.17. The van der Waals surface area contributed by atoms with Crippen LogP contribution in [0.25, 0.3) is 10.8 Å². The van der Waals surface area contributed by atoms with Crippen LogP contribution in [0.4, 0.5) is 16.2 Å². The average Bonchev–Trinajstić information content (AvgIpc) is 2.63. The van der Waals surface area contributed by atoms with Crippen LogP contribution in [0.3, 0.4) is 0 Å². The normalized spacial score (nSPS) is 10.5. The van der Waals surface area contributed by atoms with Gasteiger partial charge in [0.2, 0.25) is 5.91 Å². The molecule has 1 heterocycles. The lowest BCUT2D eigenvalue weighted by atomic mass is 10.1. The van der Waals surface area contributed by atoms with Crippen LogP contribution in [-0.2, 0) is 4.79 Å². The minimum absolute atomic E-state index is 0.00155. The van der Waals surface area contributed by atoms with Crippen molar-refractivity contribution >= 4 is 34.1 Å². The zero-order chi connectivity index (χ0) is 18.5. The van der Waals surface area contributed by atoms with E-state index in [1.165, 1.54) is 24.3 Å². The molecule has 3 aromatic rings. The maximum absolute atomic E-state index is 12.2. The zero-order valence-corrected chi connectivity index (χ0v) is 13.8. The quantitative estimate of drug-likeness (QED) is 0.653. The molecule has 132 valence electrons. The molecule has 0 atom stereocenters. The number of hydrogen-bond acceptors (Lipinski definition) is 4. The van der Waals surface area contributed by atoms with E-state index >= 15 is 0 Å². The molecule has 0 saturated heterocycles. The van der Waals surface area contributed by atoms with Gasteiger partial charge in [-0.1, -0.05) is 6.07 Å². The maximum Gasteiger partial charge on any atom is 0.411 e. The lowest BCUT2D eigenvalue weighted by Crippen LogP contribution is -2.32. The molecule has 0 fully saturated rings. The molecule has 0 bridgehead atoms. The lowest BCUT2D eigenvalue weighted by Gasteiger charge is -2.19. The van der Waals surface area contributed by atoms with E-state index in [0.29, 0.717) is 11.4 Å². The van der Waals surface area contributed by atoms with Crippen molar-refractivity contribution in [1.82, 2.24) is 4.98 Å². The van der Waals surface area contributed by atoms with Crippen LogP contribution in [0, 0.1) is 0 Å². The summed E-state index contributed by atoms with van der Waals surface area (Å²) in [6, 6.07) is 13.1. The van der Waals surface area contributed by atoms with Gasteiger partial charge in [0.15, 0.2) is 0 Å². The van der Waals surface area contributed by atoms with Gasteiger partial charge in [0.05, 0.1) is 0 Å². The first kappa shape index (κ1) is 17.2. The molecule has 0 spiro atoms. The molecule has 7 nitrogen and oxygen atoms in total. The third-order valence-electron chi connectivity index (χ3n) is 3.88. The van der Waals surface area contributed by atoms with Crippen molar-refractivity contribution in [2.45, 2.75) is 6.42 Å². The molecule has 2 amide bonds. The second kappa shape index (κ2) is 7.52. The van der Waals surface area contributed by atoms with Crippen LogP contribution < -0.4 is 10.2 Å². The van der Waals surface area contributed by atoms with Crippen molar-refractivity contribution in [2.24, 2.45) is 0 Å². The van der Waals surface area contributed by atoms with Crippen molar-refractivity contribution in [3.05, 3.63) is 60.9 Å². The van der Waals surface area contributed by atoms with Gasteiger partial charge in [-0.2, -0.15) is 0 Å². The van der Waals surface area contributed by atoms with Crippen LogP contribution in [-0.4, -0.2) is 33.7 Å². The summed E-state index contributed by atoms with van der Waals surface area (Å²) in [4.78, 5) is 28.7. The number of carbonyl (C=O) groups is 2. The smallest absolute Gasteiger partial charge is 0.411 e. The number of pyridine rings is 1. The highest BCUT2D eigenvalue weighted by Gasteiger charge is 2.16. The Kier molecular flexibility index (Phi) is 4.98. The van der Waals surface area contributed by atoms with E-state index in [4.69, 9.17) is 0 Å².